The van der Waals surface area contributed by atoms with E-state index in [-0.39, 0.29) is 0 Å². The first-order chi connectivity index (χ1) is 8.84. The van der Waals surface area contributed by atoms with Gasteiger partial charge >= 0.3 is 0 Å². The number of nitrogens with one attached hydrogen (secondary N) is 1. The highest BCUT2D eigenvalue weighted by atomic mass is 15.3. The molecule has 5 nitrogen and oxygen atoms in total. The number of hydrogen-bond donors (Lipinski definition) is 1. The third-order valence-corrected chi connectivity index (χ3v) is 3.55. The van der Waals surface area contributed by atoms with E-state index >= 15 is 0 Å². The molecule has 94 valence electrons. The number of aromatic nitrogens is 4. The Hall–Kier alpha value is -1.75. The molecule has 1 aliphatic carbocycles. The van der Waals surface area contributed by atoms with Gasteiger partial charge < -0.3 is 5.32 Å². The van der Waals surface area contributed by atoms with Gasteiger partial charge in [-0.1, -0.05) is 0 Å². The summed E-state index contributed by atoms with van der Waals surface area (Å²) in [7, 11) is 2.02. The van der Waals surface area contributed by atoms with Crippen LogP contribution >= 0.6 is 0 Å². The molecule has 2 heterocycles. The summed E-state index contributed by atoms with van der Waals surface area (Å²) >= 11 is 0. The Bertz CT molecular complexity index is 519. The maximum atomic E-state index is 4.35. The molecular weight excluding hydrogens is 226 g/mol. The summed E-state index contributed by atoms with van der Waals surface area (Å²) in [5.41, 5.74) is 3.74. The van der Waals surface area contributed by atoms with Gasteiger partial charge in [0.25, 0.3) is 0 Å². The lowest BCUT2D eigenvalue weighted by molar-refractivity contribution is 0.449. The minimum Gasteiger partial charge on any atom is -0.304 e. The molecular formula is C13H17N5. The highest BCUT2D eigenvalue weighted by molar-refractivity contribution is 5.24. The molecule has 18 heavy (non-hydrogen) atoms. The monoisotopic (exact) mass is 243 g/mol. The molecule has 5 heteroatoms. The lowest BCUT2D eigenvalue weighted by atomic mass is 9.93. The third-order valence-electron chi connectivity index (χ3n) is 3.55. The zero-order valence-corrected chi connectivity index (χ0v) is 10.5. The molecule has 1 aliphatic rings. The van der Waals surface area contributed by atoms with Crippen LogP contribution in [-0.2, 0) is 20.0 Å². The van der Waals surface area contributed by atoms with Crippen LogP contribution in [0.4, 0.5) is 0 Å². The van der Waals surface area contributed by atoms with Crippen molar-refractivity contribution in [3.63, 3.8) is 0 Å². The van der Waals surface area contributed by atoms with Crippen molar-refractivity contribution in [1.82, 2.24) is 25.1 Å². The standard InChI is InChI=1S/C13H17N5/c1-18-13-4-2-3-12(11(13)8-17-18)15-7-10-5-6-14-9-16-10/h5-6,8-9,12,15H,2-4,7H2,1H3. The van der Waals surface area contributed by atoms with Crippen molar-refractivity contribution in [2.45, 2.75) is 31.8 Å². The second-order valence-corrected chi connectivity index (χ2v) is 4.70. The van der Waals surface area contributed by atoms with Crippen molar-refractivity contribution in [3.05, 3.63) is 41.7 Å². The van der Waals surface area contributed by atoms with Crippen LogP contribution in [0.15, 0.2) is 24.8 Å². The molecule has 0 radical (unpaired) electrons. The number of hydrogen-bond acceptors (Lipinski definition) is 4. The zero-order chi connectivity index (χ0) is 12.4. The fraction of sp³-hybridized carbons (Fsp3) is 0.462. The van der Waals surface area contributed by atoms with Gasteiger partial charge in [-0.25, -0.2) is 9.97 Å². The van der Waals surface area contributed by atoms with E-state index in [4.69, 9.17) is 0 Å². The van der Waals surface area contributed by atoms with Crippen LogP contribution in [0.3, 0.4) is 0 Å². The first kappa shape index (κ1) is 11.3. The molecule has 3 rings (SSSR count). The maximum absolute atomic E-state index is 4.35. The molecule has 1 atom stereocenters. The Morgan fingerprint density at radius 3 is 3.28 bits per heavy atom. The second-order valence-electron chi connectivity index (χ2n) is 4.70. The number of rotatable bonds is 3. The molecule has 1 unspecified atom stereocenters. The quantitative estimate of drug-likeness (QED) is 0.884. The largest absolute Gasteiger partial charge is 0.304 e. The van der Waals surface area contributed by atoms with Crippen LogP contribution in [0.2, 0.25) is 0 Å². The summed E-state index contributed by atoms with van der Waals surface area (Å²) in [4.78, 5) is 8.16. The fourth-order valence-corrected chi connectivity index (χ4v) is 2.57. The van der Waals surface area contributed by atoms with Crippen LogP contribution in [0.1, 0.15) is 35.8 Å². The number of nitrogens with zero attached hydrogens (tertiary/aromatic N) is 4. The Morgan fingerprint density at radius 2 is 2.44 bits per heavy atom. The van der Waals surface area contributed by atoms with Crippen LogP contribution in [0.5, 0.6) is 0 Å². The van der Waals surface area contributed by atoms with Gasteiger partial charge in [-0.05, 0) is 25.3 Å². The summed E-state index contributed by atoms with van der Waals surface area (Å²) in [6.45, 7) is 0.779. The van der Waals surface area contributed by atoms with Crippen molar-refractivity contribution in [3.8, 4) is 0 Å². The van der Waals surface area contributed by atoms with Crippen LogP contribution in [0.25, 0.3) is 0 Å². The summed E-state index contributed by atoms with van der Waals surface area (Å²) in [5.74, 6) is 0. The Balaban J connectivity index is 1.71. The average molecular weight is 243 g/mol. The van der Waals surface area contributed by atoms with E-state index in [0.29, 0.717) is 6.04 Å². The molecule has 0 saturated heterocycles. The first-order valence-electron chi connectivity index (χ1n) is 6.33. The van der Waals surface area contributed by atoms with E-state index in [9.17, 15) is 0 Å². The van der Waals surface area contributed by atoms with Crippen molar-refractivity contribution >= 4 is 0 Å². The number of fused-ring (bicyclic) bond motifs is 1. The number of aryl methyl sites for hydroxylation is 1. The smallest absolute Gasteiger partial charge is 0.115 e. The topological polar surface area (TPSA) is 55.6 Å². The minimum absolute atomic E-state index is 0.400. The van der Waals surface area contributed by atoms with Gasteiger partial charge in [0, 0.05) is 37.1 Å². The molecule has 0 fully saturated rings. The Morgan fingerprint density at radius 1 is 1.50 bits per heavy atom. The molecule has 0 bridgehead atoms. The van der Waals surface area contributed by atoms with Crippen molar-refractivity contribution in [2.24, 2.45) is 7.05 Å². The van der Waals surface area contributed by atoms with E-state index in [0.717, 1.165) is 18.7 Å². The van der Waals surface area contributed by atoms with Gasteiger partial charge in [-0.15, -0.1) is 0 Å². The van der Waals surface area contributed by atoms with Crippen molar-refractivity contribution < 1.29 is 0 Å². The highest BCUT2D eigenvalue weighted by Gasteiger charge is 2.22. The molecule has 0 saturated carbocycles. The molecule has 2 aromatic rings. The summed E-state index contributed by atoms with van der Waals surface area (Å²) < 4.78 is 1.99. The van der Waals surface area contributed by atoms with E-state index in [1.807, 2.05) is 24.0 Å². The van der Waals surface area contributed by atoms with E-state index in [1.54, 1.807) is 12.5 Å². The molecule has 0 aromatic carbocycles. The fourth-order valence-electron chi connectivity index (χ4n) is 2.57. The normalized spacial score (nSPS) is 18.6. The lowest BCUT2D eigenvalue weighted by Gasteiger charge is -2.23. The van der Waals surface area contributed by atoms with Gasteiger partial charge in [0.2, 0.25) is 0 Å². The van der Waals surface area contributed by atoms with Gasteiger partial charge in [0.1, 0.15) is 6.33 Å². The lowest BCUT2D eigenvalue weighted by Crippen LogP contribution is -2.25. The van der Waals surface area contributed by atoms with Crippen molar-refractivity contribution in [1.29, 1.82) is 0 Å². The molecule has 2 aromatic heterocycles. The van der Waals surface area contributed by atoms with E-state index in [2.05, 4.69) is 20.4 Å². The van der Waals surface area contributed by atoms with E-state index in [1.165, 1.54) is 24.1 Å². The Labute approximate surface area is 106 Å². The van der Waals surface area contributed by atoms with Crippen LogP contribution < -0.4 is 5.32 Å². The predicted molar refractivity (Wildman–Crippen MR) is 67.8 cm³/mol. The minimum atomic E-state index is 0.400. The van der Waals surface area contributed by atoms with Gasteiger partial charge in [0.15, 0.2) is 0 Å². The molecule has 0 amide bonds. The highest BCUT2D eigenvalue weighted by Crippen LogP contribution is 2.29. The van der Waals surface area contributed by atoms with Gasteiger partial charge in [-0.3, -0.25) is 4.68 Å². The predicted octanol–water partition coefficient (Wildman–Crippen LogP) is 1.38. The second kappa shape index (κ2) is 4.86. The Kier molecular flexibility index (Phi) is 3.06. The summed E-state index contributed by atoms with van der Waals surface area (Å²) in [6, 6.07) is 2.34. The van der Waals surface area contributed by atoms with Crippen molar-refractivity contribution in [2.75, 3.05) is 0 Å². The summed E-state index contributed by atoms with van der Waals surface area (Å²) in [5, 5.41) is 7.92. The third kappa shape index (κ3) is 2.13. The molecule has 0 spiro atoms. The summed E-state index contributed by atoms with van der Waals surface area (Å²) in [6.07, 6.45) is 8.88. The SMILES string of the molecule is Cn1ncc2c1CCCC2NCc1ccncn1. The average Bonchev–Trinajstić information content (AvgIpc) is 2.80. The van der Waals surface area contributed by atoms with Crippen LogP contribution in [-0.4, -0.2) is 19.7 Å². The van der Waals surface area contributed by atoms with E-state index < -0.39 is 0 Å². The molecule has 0 aliphatic heterocycles. The zero-order valence-electron chi connectivity index (χ0n) is 10.5. The van der Waals surface area contributed by atoms with Crippen LogP contribution in [0, 0.1) is 0 Å². The molecule has 1 N–H and O–H groups in total. The van der Waals surface area contributed by atoms with Gasteiger partial charge in [-0.2, -0.15) is 5.10 Å². The maximum Gasteiger partial charge on any atom is 0.115 e. The van der Waals surface area contributed by atoms with Gasteiger partial charge in [0.05, 0.1) is 11.9 Å². The first-order valence-corrected chi connectivity index (χ1v) is 6.33.